The summed E-state index contributed by atoms with van der Waals surface area (Å²) < 4.78 is 0.983. The van der Waals surface area contributed by atoms with Crippen LogP contribution < -0.4 is 0 Å². The minimum Gasteiger partial charge on any atom is -0.477 e. The molecule has 3 nitrogen and oxygen atoms in total. The van der Waals surface area contributed by atoms with Gasteiger partial charge in [-0.3, -0.25) is 0 Å². The third-order valence-electron chi connectivity index (χ3n) is 1.96. The molecule has 17 heavy (non-hydrogen) atoms. The molecule has 1 aromatic carbocycles. The summed E-state index contributed by atoms with van der Waals surface area (Å²) in [6.45, 7) is 0. The molecule has 0 atom stereocenters. The summed E-state index contributed by atoms with van der Waals surface area (Å²) in [5, 5.41) is 9.51. The number of carbonyl (C=O) groups is 1. The van der Waals surface area contributed by atoms with Gasteiger partial charge in [0, 0.05) is 9.37 Å². The van der Waals surface area contributed by atoms with Crippen LogP contribution in [0.15, 0.2) is 56.9 Å². The molecule has 0 unspecified atom stereocenters. The van der Waals surface area contributed by atoms with E-state index in [1.807, 2.05) is 24.3 Å². The number of carboxylic acids is 1. The minimum absolute atomic E-state index is 0.0602. The minimum atomic E-state index is -1.01. The fourth-order valence-electron chi connectivity index (χ4n) is 1.24. The summed E-state index contributed by atoms with van der Waals surface area (Å²) in [4.78, 5) is 15.8. The van der Waals surface area contributed by atoms with Crippen molar-refractivity contribution < 1.29 is 9.90 Å². The van der Waals surface area contributed by atoms with Crippen molar-refractivity contribution in [2.75, 3.05) is 0 Å². The van der Waals surface area contributed by atoms with Gasteiger partial charge in [-0.15, -0.1) is 0 Å². The van der Waals surface area contributed by atoms with Crippen LogP contribution in [0.2, 0.25) is 0 Å². The average Bonchev–Trinajstić information content (AvgIpc) is 2.29. The lowest BCUT2D eigenvalue weighted by molar-refractivity contribution is 0.0689. The summed E-state index contributed by atoms with van der Waals surface area (Å²) in [7, 11) is 0. The van der Waals surface area contributed by atoms with Gasteiger partial charge in [0.1, 0.15) is 10.7 Å². The Morgan fingerprint density at radius 1 is 1.24 bits per heavy atom. The van der Waals surface area contributed by atoms with Crippen LogP contribution in [-0.2, 0) is 0 Å². The molecule has 0 saturated heterocycles. The Balaban J connectivity index is 2.24. The molecular weight excluding hydrogens is 302 g/mol. The molecular formula is C12H8BrNO2S. The normalized spacial score (nSPS) is 10.2. The molecule has 2 aromatic rings. The van der Waals surface area contributed by atoms with Crippen molar-refractivity contribution in [2.45, 2.75) is 9.92 Å². The Labute approximate surface area is 111 Å². The number of aromatic carboxylic acids is 1. The number of benzene rings is 1. The average molecular weight is 310 g/mol. The maximum atomic E-state index is 10.8. The second-order valence-corrected chi connectivity index (χ2v) is 5.24. The van der Waals surface area contributed by atoms with E-state index in [-0.39, 0.29) is 5.69 Å². The number of rotatable bonds is 3. The smallest absolute Gasteiger partial charge is 0.354 e. The highest BCUT2D eigenvalue weighted by Gasteiger charge is 2.06. The first-order chi connectivity index (χ1) is 8.15. The number of pyridine rings is 1. The van der Waals surface area contributed by atoms with Gasteiger partial charge in [0.15, 0.2) is 0 Å². The zero-order valence-electron chi connectivity index (χ0n) is 8.63. The number of carboxylic acid groups (broad SMARTS) is 1. The van der Waals surface area contributed by atoms with E-state index < -0.39 is 5.97 Å². The van der Waals surface area contributed by atoms with Crippen LogP contribution in [0, 0.1) is 0 Å². The number of hydrogen-bond donors (Lipinski definition) is 1. The molecule has 0 aliphatic rings. The van der Waals surface area contributed by atoms with Gasteiger partial charge in [0.05, 0.1) is 0 Å². The molecule has 0 aliphatic carbocycles. The zero-order chi connectivity index (χ0) is 12.3. The predicted octanol–water partition coefficient (Wildman–Crippen LogP) is 3.69. The van der Waals surface area contributed by atoms with Crippen molar-refractivity contribution in [1.29, 1.82) is 0 Å². The number of hydrogen-bond acceptors (Lipinski definition) is 3. The summed E-state index contributed by atoms with van der Waals surface area (Å²) >= 11 is 4.81. The molecule has 0 amide bonds. The Morgan fingerprint density at radius 3 is 2.71 bits per heavy atom. The van der Waals surface area contributed by atoms with E-state index in [0.717, 1.165) is 9.37 Å². The molecule has 0 bridgehead atoms. The fraction of sp³-hybridized carbons (Fsp3) is 0. The molecule has 86 valence electrons. The molecule has 0 saturated carbocycles. The molecule has 0 fully saturated rings. The van der Waals surface area contributed by atoms with Gasteiger partial charge in [0.2, 0.25) is 0 Å². The van der Waals surface area contributed by atoms with Crippen LogP contribution in [0.25, 0.3) is 0 Å². The molecule has 1 N–H and O–H groups in total. The van der Waals surface area contributed by atoms with E-state index in [4.69, 9.17) is 5.11 Å². The van der Waals surface area contributed by atoms with Crippen LogP contribution in [0.3, 0.4) is 0 Å². The van der Waals surface area contributed by atoms with Crippen LogP contribution >= 0.6 is 27.7 Å². The second-order valence-electron chi connectivity index (χ2n) is 3.23. The van der Waals surface area contributed by atoms with E-state index >= 15 is 0 Å². The first-order valence-corrected chi connectivity index (χ1v) is 6.40. The van der Waals surface area contributed by atoms with Crippen LogP contribution in [0.5, 0.6) is 0 Å². The maximum Gasteiger partial charge on any atom is 0.354 e. The number of aromatic nitrogens is 1. The first kappa shape index (κ1) is 12.1. The lowest BCUT2D eigenvalue weighted by Gasteiger charge is -2.02. The van der Waals surface area contributed by atoms with Crippen molar-refractivity contribution >= 4 is 33.7 Å². The molecule has 1 heterocycles. The molecule has 0 aliphatic heterocycles. The third-order valence-corrected chi connectivity index (χ3v) is 3.38. The Kier molecular flexibility index (Phi) is 3.81. The maximum absolute atomic E-state index is 10.8. The summed E-state index contributed by atoms with van der Waals surface area (Å²) in [5.41, 5.74) is 0.0602. The van der Waals surface area contributed by atoms with Crippen molar-refractivity contribution in [1.82, 2.24) is 4.98 Å². The van der Waals surface area contributed by atoms with Crippen LogP contribution in [0.1, 0.15) is 10.5 Å². The molecule has 5 heteroatoms. The Morgan fingerprint density at radius 2 is 2.00 bits per heavy atom. The van der Waals surface area contributed by atoms with Crippen molar-refractivity contribution in [2.24, 2.45) is 0 Å². The summed E-state index contributed by atoms with van der Waals surface area (Å²) in [6.07, 6.45) is 0. The number of nitrogens with zero attached hydrogens (tertiary/aromatic N) is 1. The van der Waals surface area contributed by atoms with Gasteiger partial charge in [-0.25, -0.2) is 9.78 Å². The summed E-state index contributed by atoms with van der Waals surface area (Å²) in [5.74, 6) is -1.01. The van der Waals surface area contributed by atoms with E-state index in [2.05, 4.69) is 20.9 Å². The zero-order valence-corrected chi connectivity index (χ0v) is 11.0. The Hall–Kier alpha value is -1.33. The van der Waals surface area contributed by atoms with E-state index in [1.165, 1.54) is 17.8 Å². The van der Waals surface area contributed by atoms with Crippen LogP contribution in [-0.4, -0.2) is 16.1 Å². The lowest BCUT2D eigenvalue weighted by Crippen LogP contribution is -1.99. The highest BCUT2D eigenvalue weighted by atomic mass is 79.9. The molecule has 0 radical (unpaired) electrons. The van der Waals surface area contributed by atoms with Gasteiger partial charge in [0.25, 0.3) is 0 Å². The SMILES string of the molecule is O=C(O)c1cccc(Sc2cccc(Br)c2)n1. The second kappa shape index (κ2) is 5.33. The largest absolute Gasteiger partial charge is 0.477 e. The molecule has 0 spiro atoms. The third kappa shape index (κ3) is 3.31. The van der Waals surface area contributed by atoms with Gasteiger partial charge < -0.3 is 5.11 Å². The van der Waals surface area contributed by atoms with Crippen molar-refractivity contribution in [3.05, 3.63) is 52.6 Å². The van der Waals surface area contributed by atoms with Gasteiger partial charge in [-0.05, 0) is 30.3 Å². The van der Waals surface area contributed by atoms with E-state index in [9.17, 15) is 4.79 Å². The monoisotopic (exact) mass is 309 g/mol. The quantitative estimate of drug-likeness (QED) is 0.939. The highest BCUT2D eigenvalue weighted by molar-refractivity contribution is 9.10. The molecule has 2 rings (SSSR count). The van der Waals surface area contributed by atoms with E-state index in [1.54, 1.807) is 12.1 Å². The lowest BCUT2D eigenvalue weighted by atomic mass is 10.4. The van der Waals surface area contributed by atoms with Gasteiger partial charge in [-0.1, -0.05) is 39.8 Å². The van der Waals surface area contributed by atoms with Crippen LogP contribution in [0.4, 0.5) is 0 Å². The Bertz CT molecular complexity index is 560. The first-order valence-electron chi connectivity index (χ1n) is 4.79. The van der Waals surface area contributed by atoms with E-state index in [0.29, 0.717) is 5.03 Å². The predicted molar refractivity (Wildman–Crippen MR) is 69.5 cm³/mol. The summed E-state index contributed by atoms with van der Waals surface area (Å²) in [6, 6.07) is 12.7. The van der Waals surface area contributed by atoms with Crippen molar-refractivity contribution in [3.8, 4) is 0 Å². The van der Waals surface area contributed by atoms with Gasteiger partial charge in [-0.2, -0.15) is 0 Å². The topological polar surface area (TPSA) is 50.2 Å². The standard InChI is InChI=1S/C12H8BrNO2S/c13-8-3-1-4-9(7-8)17-11-6-2-5-10(14-11)12(15)16/h1-7H,(H,15,16). The fourth-order valence-corrected chi connectivity index (χ4v) is 2.66. The molecule has 1 aromatic heterocycles. The van der Waals surface area contributed by atoms with Gasteiger partial charge >= 0.3 is 5.97 Å². The number of halogens is 1. The van der Waals surface area contributed by atoms with Crippen molar-refractivity contribution in [3.63, 3.8) is 0 Å². The highest BCUT2D eigenvalue weighted by Crippen LogP contribution is 2.28.